The second-order valence-corrected chi connectivity index (χ2v) is 9.52. The van der Waals surface area contributed by atoms with Crippen molar-refractivity contribution in [2.75, 3.05) is 0 Å². The van der Waals surface area contributed by atoms with E-state index >= 15 is 0 Å². The largest absolute Gasteiger partial charge is 0.477 e. The zero-order valence-electron chi connectivity index (χ0n) is 19.2. The molecule has 32 heavy (non-hydrogen) atoms. The molecule has 1 fully saturated rings. The van der Waals surface area contributed by atoms with E-state index in [0.29, 0.717) is 23.7 Å². The summed E-state index contributed by atoms with van der Waals surface area (Å²) in [6.07, 6.45) is 7.45. The maximum absolute atomic E-state index is 12.2. The van der Waals surface area contributed by atoms with Gasteiger partial charge in [-0.15, -0.1) is 0 Å². The Balaban J connectivity index is 1.65. The highest BCUT2D eigenvalue weighted by atomic mass is 16.5. The number of carbonyl (C=O) groups is 2. The number of hydrogen-bond donors (Lipinski definition) is 2. The number of hydrogen-bond acceptors (Lipinski definition) is 3. The van der Waals surface area contributed by atoms with Crippen molar-refractivity contribution in [2.45, 2.75) is 64.7 Å². The van der Waals surface area contributed by atoms with E-state index in [1.165, 1.54) is 31.8 Å². The number of rotatable bonds is 8. The van der Waals surface area contributed by atoms with E-state index in [1.54, 1.807) is 24.3 Å². The molecule has 3 rings (SSSR count). The molecule has 0 heterocycles. The van der Waals surface area contributed by atoms with Crippen molar-refractivity contribution in [3.8, 4) is 11.5 Å². The van der Waals surface area contributed by atoms with Crippen LogP contribution in [0.3, 0.4) is 0 Å². The van der Waals surface area contributed by atoms with Crippen molar-refractivity contribution in [3.63, 3.8) is 0 Å². The van der Waals surface area contributed by atoms with Gasteiger partial charge < -0.3 is 15.2 Å². The Bertz CT molecular complexity index is 964. The molecule has 1 aliphatic rings. The molecule has 0 radical (unpaired) electrons. The number of carboxylic acid groups (broad SMARTS) is 1. The van der Waals surface area contributed by atoms with Crippen LogP contribution in [-0.2, 0) is 15.0 Å². The van der Waals surface area contributed by atoms with Gasteiger partial charge in [0.25, 0.3) is 0 Å². The van der Waals surface area contributed by atoms with E-state index in [4.69, 9.17) is 4.74 Å². The van der Waals surface area contributed by atoms with E-state index in [0.717, 1.165) is 17.7 Å². The van der Waals surface area contributed by atoms with Crippen molar-refractivity contribution in [1.82, 2.24) is 5.32 Å². The zero-order chi connectivity index (χ0) is 23.1. The summed E-state index contributed by atoms with van der Waals surface area (Å²) in [5.41, 5.74) is 1.62. The minimum absolute atomic E-state index is 0.0500. The van der Waals surface area contributed by atoms with Gasteiger partial charge in [-0.25, -0.2) is 4.79 Å². The van der Waals surface area contributed by atoms with Crippen LogP contribution in [0.25, 0.3) is 6.08 Å². The minimum atomic E-state index is -1.15. The van der Waals surface area contributed by atoms with Gasteiger partial charge in [-0.1, -0.05) is 76.8 Å². The lowest BCUT2D eigenvalue weighted by molar-refractivity contribution is -0.134. The van der Waals surface area contributed by atoms with E-state index in [1.807, 2.05) is 18.2 Å². The number of ether oxygens (including phenoxy) is 1. The van der Waals surface area contributed by atoms with Gasteiger partial charge >= 0.3 is 5.97 Å². The Morgan fingerprint density at radius 2 is 1.72 bits per heavy atom. The quantitative estimate of drug-likeness (QED) is 0.478. The van der Waals surface area contributed by atoms with Crippen molar-refractivity contribution >= 4 is 18.0 Å². The lowest BCUT2D eigenvalue weighted by Gasteiger charge is -2.22. The highest BCUT2D eigenvalue weighted by molar-refractivity contribution is 5.96. The molecule has 5 nitrogen and oxygen atoms in total. The maximum atomic E-state index is 12.2. The number of amides is 1. The minimum Gasteiger partial charge on any atom is -0.477 e. The SMILES string of the molecule is CC(C)(C)c1ccccc1Oc1ccc(/C=C(/NC(=O)CCC2CCCC2)C(=O)O)cc1. The monoisotopic (exact) mass is 435 g/mol. The summed E-state index contributed by atoms with van der Waals surface area (Å²) in [4.78, 5) is 23.9. The molecule has 0 atom stereocenters. The predicted molar refractivity (Wildman–Crippen MR) is 127 cm³/mol. The first-order valence-electron chi connectivity index (χ1n) is 11.3. The number of carboxylic acids is 1. The molecule has 0 aliphatic heterocycles. The molecule has 2 aromatic rings. The topological polar surface area (TPSA) is 75.6 Å². The first-order chi connectivity index (χ1) is 15.2. The highest BCUT2D eigenvalue weighted by Crippen LogP contribution is 2.34. The smallest absolute Gasteiger partial charge is 0.352 e. The Hall–Kier alpha value is -3.08. The van der Waals surface area contributed by atoms with Crippen LogP contribution >= 0.6 is 0 Å². The molecule has 1 saturated carbocycles. The molecule has 1 aliphatic carbocycles. The number of aliphatic carboxylic acids is 1. The lowest BCUT2D eigenvalue weighted by atomic mass is 9.86. The van der Waals surface area contributed by atoms with Gasteiger partial charge in [0.05, 0.1) is 0 Å². The van der Waals surface area contributed by atoms with Crippen molar-refractivity contribution in [2.24, 2.45) is 5.92 Å². The number of nitrogens with one attached hydrogen (secondary N) is 1. The van der Waals surface area contributed by atoms with Crippen LogP contribution in [0.1, 0.15) is 70.4 Å². The van der Waals surface area contributed by atoms with E-state index in [2.05, 4.69) is 32.2 Å². The van der Waals surface area contributed by atoms with Crippen LogP contribution in [0.4, 0.5) is 0 Å². The molecular weight excluding hydrogens is 402 g/mol. The van der Waals surface area contributed by atoms with Crippen molar-refractivity contribution in [3.05, 3.63) is 65.4 Å². The highest BCUT2D eigenvalue weighted by Gasteiger charge is 2.19. The van der Waals surface area contributed by atoms with Gasteiger partial charge in [0, 0.05) is 12.0 Å². The molecule has 0 aromatic heterocycles. The van der Waals surface area contributed by atoms with Gasteiger partial charge in [0.15, 0.2) is 0 Å². The van der Waals surface area contributed by atoms with E-state index in [9.17, 15) is 14.7 Å². The summed E-state index contributed by atoms with van der Waals surface area (Å²) in [6, 6.07) is 15.1. The Kier molecular flexibility index (Phi) is 7.73. The molecular formula is C27H33NO4. The molecule has 0 saturated heterocycles. The summed E-state index contributed by atoms with van der Waals surface area (Å²) in [7, 11) is 0. The van der Waals surface area contributed by atoms with Crippen molar-refractivity contribution in [1.29, 1.82) is 0 Å². The Morgan fingerprint density at radius 1 is 1.06 bits per heavy atom. The molecule has 0 unspecified atom stereocenters. The van der Waals surface area contributed by atoms with Crippen molar-refractivity contribution < 1.29 is 19.4 Å². The molecule has 170 valence electrons. The summed E-state index contributed by atoms with van der Waals surface area (Å²) in [6.45, 7) is 6.41. The Labute approximate surface area is 190 Å². The van der Waals surface area contributed by atoms with E-state index < -0.39 is 5.97 Å². The van der Waals surface area contributed by atoms with Crippen LogP contribution in [0.15, 0.2) is 54.2 Å². The van der Waals surface area contributed by atoms with Gasteiger partial charge in [0.1, 0.15) is 17.2 Å². The average Bonchev–Trinajstić information content (AvgIpc) is 3.26. The third-order valence-electron chi connectivity index (χ3n) is 5.87. The molecule has 1 amide bonds. The first kappa shape index (κ1) is 23.6. The predicted octanol–water partition coefficient (Wildman–Crippen LogP) is 6.29. The number of para-hydroxylation sites is 1. The number of benzene rings is 2. The van der Waals surface area contributed by atoms with Gasteiger partial charge in [-0.3, -0.25) is 4.79 Å². The normalized spacial score (nSPS) is 14.9. The molecule has 0 spiro atoms. The van der Waals surface area contributed by atoms with Crippen LogP contribution in [0.2, 0.25) is 0 Å². The van der Waals surface area contributed by atoms with Gasteiger partial charge in [-0.2, -0.15) is 0 Å². The second-order valence-electron chi connectivity index (χ2n) is 9.52. The standard InChI is InChI=1S/C27H33NO4/c1-27(2,3)22-10-6-7-11-24(22)32-21-15-12-20(13-16-21)18-23(26(30)31)28-25(29)17-14-19-8-4-5-9-19/h6-7,10-13,15-16,18-19H,4-5,8-9,14,17H2,1-3H3,(H,28,29)(H,30,31)/b23-18+. The molecule has 5 heteroatoms. The molecule has 0 bridgehead atoms. The molecule has 2 N–H and O–H groups in total. The summed E-state index contributed by atoms with van der Waals surface area (Å²) >= 11 is 0. The van der Waals surface area contributed by atoms with Crippen LogP contribution in [-0.4, -0.2) is 17.0 Å². The lowest BCUT2D eigenvalue weighted by Crippen LogP contribution is -2.27. The summed E-state index contributed by atoms with van der Waals surface area (Å²) < 4.78 is 6.08. The average molecular weight is 436 g/mol. The third kappa shape index (κ3) is 6.71. The van der Waals surface area contributed by atoms with E-state index in [-0.39, 0.29) is 17.0 Å². The summed E-state index contributed by atoms with van der Waals surface area (Å²) in [5.74, 6) is 0.650. The summed E-state index contributed by atoms with van der Waals surface area (Å²) in [5, 5.41) is 12.1. The van der Waals surface area contributed by atoms with Gasteiger partial charge in [-0.05, 0) is 47.6 Å². The van der Waals surface area contributed by atoms with Crippen LogP contribution in [0, 0.1) is 5.92 Å². The second kappa shape index (κ2) is 10.5. The maximum Gasteiger partial charge on any atom is 0.352 e. The third-order valence-corrected chi connectivity index (χ3v) is 5.87. The fraction of sp³-hybridized carbons (Fsp3) is 0.407. The fourth-order valence-electron chi connectivity index (χ4n) is 4.10. The van der Waals surface area contributed by atoms with Crippen LogP contribution < -0.4 is 10.1 Å². The van der Waals surface area contributed by atoms with Gasteiger partial charge in [0.2, 0.25) is 5.91 Å². The molecule has 2 aromatic carbocycles. The first-order valence-corrected chi connectivity index (χ1v) is 11.3. The van der Waals surface area contributed by atoms with Crippen LogP contribution in [0.5, 0.6) is 11.5 Å². The fourth-order valence-corrected chi connectivity index (χ4v) is 4.10. The zero-order valence-corrected chi connectivity index (χ0v) is 19.2. The Morgan fingerprint density at radius 3 is 2.34 bits per heavy atom. The number of carbonyl (C=O) groups excluding carboxylic acids is 1.